The van der Waals surface area contributed by atoms with Gasteiger partial charge in [-0.2, -0.15) is 0 Å². The molecule has 0 spiro atoms. The maximum atomic E-state index is 11.6. The fourth-order valence-corrected chi connectivity index (χ4v) is 1.38. The summed E-state index contributed by atoms with van der Waals surface area (Å²) in [5, 5.41) is 10.7. The third kappa shape index (κ3) is 3.31. The van der Waals surface area contributed by atoms with E-state index in [1.165, 1.54) is 6.07 Å². The van der Waals surface area contributed by atoms with Crippen LogP contribution in [0.2, 0.25) is 0 Å². The first-order valence-corrected chi connectivity index (χ1v) is 5.16. The van der Waals surface area contributed by atoms with E-state index in [1.807, 2.05) is 0 Å². The molecule has 0 saturated heterocycles. The van der Waals surface area contributed by atoms with Gasteiger partial charge in [0.15, 0.2) is 11.5 Å². The number of nitrogens with zero attached hydrogens (tertiary/aromatic N) is 2. The second-order valence-corrected chi connectivity index (χ2v) is 3.75. The van der Waals surface area contributed by atoms with Crippen molar-refractivity contribution < 1.29 is 19.2 Å². The highest BCUT2D eigenvalue weighted by molar-refractivity contribution is 9.10. The third-order valence-corrected chi connectivity index (χ3v) is 2.27. The SMILES string of the molecule is COC(=O)CC(=O)c1nc(Br)ccc1[N+](=O)[O-]. The number of ether oxygens (including phenoxy) is 1. The fourth-order valence-electron chi connectivity index (χ4n) is 1.07. The van der Waals surface area contributed by atoms with Gasteiger partial charge in [-0.25, -0.2) is 4.98 Å². The number of carbonyl (C=O) groups excluding carboxylic acids is 2. The molecular weight excluding hydrogens is 296 g/mol. The summed E-state index contributed by atoms with van der Waals surface area (Å²) in [7, 11) is 1.12. The minimum atomic E-state index is -0.772. The first-order chi connectivity index (χ1) is 7.95. The second kappa shape index (κ2) is 5.48. The molecule has 0 aliphatic carbocycles. The molecule has 0 bridgehead atoms. The zero-order valence-corrected chi connectivity index (χ0v) is 10.3. The number of carbonyl (C=O) groups is 2. The predicted molar refractivity (Wildman–Crippen MR) is 59.6 cm³/mol. The molecule has 0 N–H and O–H groups in total. The Morgan fingerprint density at radius 3 is 2.71 bits per heavy atom. The highest BCUT2D eigenvalue weighted by Gasteiger charge is 2.24. The van der Waals surface area contributed by atoms with Crippen molar-refractivity contribution in [2.75, 3.05) is 7.11 Å². The highest BCUT2D eigenvalue weighted by Crippen LogP contribution is 2.20. The molecule has 0 atom stereocenters. The lowest BCUT2D eigenvalue weighted by molar-refractivity contribution is -0.385. The lowest BCUT2D eigenvalue weighted by atomic mass is 10.1. The number of rotatable bonds is 4. The van der Waals surface area contributed by atoms with E-state index in [4.69, 9.17) is 0 Å². The highest BCUT2D eigenvalue weighted by atomic mass is 79.9. The molecule has 7 nitrogen and oxygen atoms in total. The molecule has 0 amide bonds. The van der Waals surface area contributed by atoms with E-state index in [1.54, 1.807) is 0 Å². The van der Waals surface area contributed by atoms with Crippen molar-refractivity contribution in [2.45, 2.75) is 6.42 Å². The monoisotopic (exact) mass is 302 g/mol. The van der Waals surface area contributed by atoms with E-state index in [9.17, 15) is 19.7 Å². The van der Waals surface area contributed by atoms with Crippen LogP contribution < -0.4 is 0 Å². The molecular formula is C9H7BrN2O5. The van der Waals surface area contributed by atoms with Crippen LogP contribution in [0, 0.1) is 10.1 Å². The summed E-state index contributed by atoms with van der Waals surface area (Å²) in [6.45, 7) is 0. The van der Waals surface area contributed by atoms with Crippen LogP contribution in [0.1, 0.15) is 16.9 Å². The average Bonchev–Trinajstić information content (AvgIpc) is 2.28. The Morgan fingerprint density at radius 2 is 2.18 bits per heavy atom. The van der Waals surface area contributed by atoms with Crippen LogP contribution in [0.4, 0.5) is 5.69 Å². The van der Waals surface area contributed by atoms with Crippen molar-refractivity contribution >= 4 is 33.4 Å². The summed E-state index contributed by atoms with van der Waals surface area (Å²) in [5.74, 6) is -1.53. The Balaban J connectivity index is 3.11. The van der Waals surface area contributed by atoms with Gasteiger partial charge in [-0.3, -0.25) is 19.7 Å². The molecule has 0 aliphatic rings. The van der Waals surface area contributed by atoms with Crippen LogP contribution >= 0.6 is 15.9 Å². The van der Waals surface area contributed by atoms with E-state index in [2.05, 4.69) is 25.7 Å². The Labute approximate surface area is 104 Å². The molecule has 17 heavy (non-hydrogen) atoms. The summed E-state index contributed by atoms with van der Waals surface area (Å²) in [6.07, 6.45) is -0.583. The van der Waals surface area contributed by atoms with E-state index < -0.39 is 28.8 Å². The summed E-state index contributed by atoms with van der Waals surface area (Å²) in [4.78, 5) is 36.2. The van der Waals surface area contributed by atoms with Crippen molar-refractivity contribution in [3.63, 3.8) is 0 Å². The van der Waals surface area contributed by atoms with Gasteiger partial charge in [0.25, 0.3) is 5.69 Å². The second-order valence-electron chi connectivity index (χ2n) is 2.93. The number of methoxy groups -OCH3 is 1. The predicted octanol–water partition coefficient (Wildman–Crippen LogP) is 1.50. The molecule has 0 fully saturated rings. The molecule has 1 heterocycles. The van der Waals surface area contributed by atoms with E-state index in [0.29, 0.717) is 0 Å². The van der Waals surface area contributed by atoms with E-state index in [-0.39, 0.29) is 10.3 Å². The van der Waals surface area contributed by atoms with Crippen LogP contribution in [0.15, 0.2) is 16.7 Å². The van der Waals surface area contributed by atoms with Gasteiger partial charge in [-0.15, -0.1) is 0 Å². The van der Waals surface area contributed by atoms with Crippen molar-refractivity contribution in [1.82, 2.24) is 4.98 Å². The van der Waals surface area contributed by atoms with Crippen molar-refractivity contribution in [1.29, 1.82) is 0 Å². The number of halogens is 1. The van der Waals surface area contributed by atoms with Crippen LogP contribution in [-0.2, 0) is 9.53 Å². The number of aromatic nitrogens is 1. The smallest absolute Gasteiger partial charge is 0.313 e. The molecule has 1 rings (SSSR count). The molecule has 0 saturated carbocycles. The first-order valence-electron chi connectivity index (χ1n) is 4.36. The number of pyridine rings is 1. The van der Waals surface area contributed by atoms with Crippen LogP contribution in [0.3, 0.4) is 0 Å². The Hall–Kier alpha value is -1.83. The van der Waals surface area contributed by atoms with Gasteiger partial charge in [-0.05, 0) is 22.0 Å². The number of hydrogen-bond acceptors (Lipinski definition) is 6. The Morgan fingerprint density at radius 1 is 1.53 bits per heavy atom. The summed E-state index contributed by atoms with van der Waals surface area (Å²) in [5.41, 5.74) is -0.808. The van der Waals surface area contributed by atoms with Crippen LogP contribution in [-0.4, -0.2) is 28.8 Å². The maximum absolute atomic E-state index is 11.6. The first kappa shape index (κ1) is 13.2. The van der Waals surface area contributed by atoms with Crippen LogP contribution in [0.5, 0.6) is 0 Å². The molecule has 90 valence electrons. The zero-order valence-electron chi connectivity index (χ0n) is 8.68. The van der Waals surface area contributed by atoms with Gasteiger partial charge < -0.3 is 4.74 Å². The molecule has 0 radical (unpaired) electrons. The summed E-state index contributed by atoms with van der Waals surface area (Å²) in [6, 6.07) is 2.48. The molecule has 0 aromatic carbocycles. The maximum Gasteiger partial charge on any atom is 0.313 e. The number of nitro groups is 1. The van der Waals surface area contributed by atoms with Crippen molar-refractivity contribution in [2.24, 2.45) is 0 Å². The molecule has 8 heteroatoms. The number of Topliss-reactive ketones (excluding diaryl/α,β-unsaturated/α-hetero) is 1. The third-order valence-electron chi connectivity index (χ3n) is 1.83. The largest absolute Gasteiger partial charge is 0.469 e. The summed E-state index contributed by atoms with van der Waals surface area (Å²) < 4.78 is 4.58. The van der Waals surface area contributed by atoms with Gasteiger partial charge in [0, 0.05) is 6.07 Å². The number of esters is 1. The van der Waals surface area contributed by atoms with Crippen molar-refractivity contribution in [3.8, 4) is 0 Å². The van der Waals surface area contributed by atoms with Gasteiger partial charge in [0.05, 0.1) is 12.0 Å². The minimum Gasteiger partial charge on any atom is -0.469 e. The molecule has 1 aromatic heterocycles. The molecule has 0 unspecified atom stereocenters. The minimum absolute atomic E-state index is 0.274. The lowest BCUT2D eigenvalue weighted by Crippen LogP contribution is -2.13. The quantitative estimate of drug-likeness (QED) is 0.209. The summed E-state index contributed by atoms with van der Waals surface area (Å²) >= 11 is 2.99. The Bertz CT molecular complexity index is 488. The normalized spacial score (nSPS) is 9.76. The lowest BCUT2D eigenvalue weighted by Gasteiger charge is -2.01. The van der Waals surface area contributed by atoms with Crippen LogP contribution in [0.25, 0.3) is 0 Å². The van der Waals surface area contributed by atoms with Crippen molar-refractivity contribution in [3.05, 3.63) is 32.5 Å². The van der Waals surface area contributed by atoms with Gasteiger partial charge in [0.2, 0.25) is 0 Å². The van der Waals surface area contributed by atoms with Gasteiger partial charge in [0.1, 0.15) is 11.0 Å². The van der Waals surface area contributed by atoms with E-state index >= 15 is 0 Å². The van der Waals surface area contributed by atoms with E-state index in [0.717, 1.165) is 13.2 Å². The zero-order chi connectivity index (χ0) is 13.0. The fraction of sp³-hybridized carbons (Fsp3) is 0.222. The number of hydrogen-bond donors (Lipinski definition) is 0. The topological polar surface area (TPSA) is 99.4 Å². The average molecular weight is 303 g/mol. The van der Waals surface area contributed by atoms with Gasteiger partial charge in [-0.1, -0.05) is 0 Å². The molecule has 1 aromatic rings. The standard InChI is InChI=1S/C9H7BrN2O5/c1-17-8(14)4-6(13)9-5(12(15)16)2-3-7(10)11-9/h2-3H,4H2,1H3. The van der Waals surface area contributed by atoms with Gasteiger partial charge >= 0.3 is 5.97 Å². The Kier molecular flexibility index (Phi) is 4.27. The molecule has 0 aliphatic heterocycles. The number of ketones is 1.